The minimum absolute atomic E-state index is 0.220. The number of hydrogen-bond acceptors (Lipinski definition) is 2. The van der Waals surface area contributed by atoms with Gasteiger partial charge in [-0.15, -0.1) is 5.16 Å². The van der Waals surface area contributed by atoms with Crippen molar-refractivity contribution in [3.05, 3.63) is 34.9 Å². The minimum atomic E-state index is -3.51. The topological polar surface area (TPSA) is 32.6 Å². The summed E-state index contributed by atoms with van der Waals surface area (Å²) in [6.45, 7) is 0. The first-order valence-electron chi connectivity index (χ1n) is 3.95. The van der Waals surface area contributed by atoms with Crippen molar-refractivity contribution in [2.24, 2.45) is 5.16 Å². The van der Waals surface area contributed by atoms with Crippen LogP contribution in [-0.4, -0.2) is 16.8 Å². The van der Waals surface area contributed by atoms with Crippen LogP contribution in [0.15, 0.2) is 29.4 Å². The number of oxime groups is 1. The number of halogens is 4. The van der Waals surface area contributed by atoms with Crippen molar-refractivity contribution in [3.63, 3.8) is 0 Å². The summed E-state index contributed by atoms with van der Waals surface area (Å²) in [6, 6.07) is 5.70. The van der Waals surface area contributed by atoms with Crippen LogP contribution in [0.5, 0.6) is 0 Å². The summed E-state index contributed by atoms with van der Waals surface area (Å²) in [5.41, 5.74) is 0.220. The molecule has 1 aromatic rings. The maximum atomic E-state index is 12.9. The maximum Gasteiger partial charge on any atom is 0.333 e. The molecular formula is C9H7Cl2F2NO. The van der Waals surface area contributed by atoms with E-state index in [1.54, 1.807) is 0 Å². The lowest BCUT2D eigenvalue weighted by Gasteiger charge is -2.17. The molecule has 1 unspecified atom stereocenters. The molecule has 82 valence electrons. The largest absolute Gasteiger partial charge is 0.411 e. The van der Waals surface area contributed by atoms with Gasteiger partial charge >= 0.3 is 5.38 Å². The van der Waals surface area contributed by atoms with E-state index in [2.05, 4.69) is 5.16 Å². The fraction of sp³-hybridized carbons (Fsp3) is 0.222. The molecule has 0 heterocycles. The van der Waals surface area contributed by atoms with Crippen LogP contribution in [0.2, 0.25) is 5.02 Å². The molecule has 1 atom stereocenters. The zero-order valence-electron chi connectivity index (χ0n) is 7.37. The standard InChI is InChI=1S/C9H7Cl2F2NO/c10-7-3-1-6(2-4-7)8(5-14-15)9(11,12)13/h1-5,8,15H/b14-5-. The second kappa shape index (κ2) is 4.77. The van der Waals surface area contributed by atoms with Crippen molar-refractivity contribution in [1.82, 2.24) is 0 Å². The zero-order chi connectivity index (χ0) is 11.5. The van der Waals surface area contributed by atoms with Crippen molar-refractivity contribution in [3.8, 4) is 0 Å². The van der Waals surface area contributed by atoms with E-state index < -0.39 is 11.3 Å². The molecule has 0 saturated heterocycles. The van der Waals surface area contributed by atoms with Gasteiger partial charge in [-0.2, -0.15) is 8.78 Å². The zero-order valence-corrected chi connectivity index (χ0v) is 8.88. The van der Waals surface area contributed by atoms with Gasteiger partial charge in [-0.1, -0.05) is 23.7 Å². The average molecular weight is 254 g/mol. The Morgan fingerprint density at radius 2 is 1.87 bits per heavy atom. The molecule has 0 amide bonds. The highest BCUT2D eigenvalue weighted by Gasteiger charge is 2.37. The van der Waals surface area contributed by atoms with Crippen LogP contribution in [0.1, 0.15) is 11.5 Å². The Hall–Kier alpha value is -0.870. The highest BCUT2D eigenvalue weighted by Crippen LogP contribution is 2.35. The van der Waals surface area contributed by atoms with Gasteiger partial charge in [-0.3, -0.25) is 0 Å². The molecule has 1 N–H and O–H groups in total. The van der Waals surface area contributed by atoms with Crippen molar-refractivity contribution in [2.45, 2.75) is 11.3 Å². The van der Waals surface area contributed by atoms with Crippen LogP contribution >= 0.6 is 23.2 Å². The number of rotatable bonds is 3. The SMILES string of the molecule is O/N=C\C(c1ccc(Cl)cc1)C(F)(F)Cl. The Labute approximate surface area is 95.1 Å². The first-order chi connectivity index (χ1) is 6.95. The average Bonchev–Trinajstić information content (AvgIpc) is 2.14. The van der Waals surface area contributed by atoms with E-state index in [1.807, 2.05) is 0 Å². The second-order valence-corrected chi connectivity index (χ2v) is 3.78. The van der Waals surface area contributed by atoms with Crippen LogP contribution in [0.4, 0.5) is 8.78 Å². The molecule has 0 fully saturated rings. The molecule has 0 aromatic heterocycles. The molecule has 0 aliphatic heterocycles. The van der Waals surface area contributed by atoms with Gasteiger partial charge in [0.15, 0.2) is 0 Å². The Morgan fingerprint density at radius 3 is 2.27 bits per heavy atom. The van der Waals surface area contributed by atoms with Crippen LogP contribution in [-0.2, 0) is 0 Å². The Bertz CT molecular complexity index is 348. The Morgan fingerprint density at radius 1 is 1.33 bits per heavy atom. The molecule has 0 bridgehead atoms. The summed E-state index contributed by atoms with van der Waals surface area (Å²) in [5.74, 6) is -1.48. The highest BCUT2D eigenvalue weighted by atomic mass is 35.5. The summed E-state index contributed by atoms with van der Waals surface area (Å²) < 4.78 is 25.8. The predicted molar refractivity (Wildman–Crippen MR) is 55.3 cm³/mol. The quantitative estimate of drug-likeness (QED) is 0.379. The third-order valence-corrected chi connectivity index (χ3v) is 2.28. The first-order valence-corrected chi connectivity index (χ1v) is 4.70. The number of hydrogen-bond donors (Lipinski definition) is 1. The fourth-order valence-corrected chi connectivity index (χ4v) is 1.40. The van der Waals surface area contributed by atoms with E-state index in [9.17, 15) is 8.78 Å². The molecule has 6 heteroatoms. The molecule has 2 nitrogen and oxygen atoms in total. The summed E-state index contributed by atoms with van der Waals surface area (Å²) >= 11 is 10.5. The van der Waals surface area contributed by atoms with Gasteiger partial charge in [0.2, 0.25) is 0 Å². The lowest BCUT2D eigenvalue weighted by atomic mass is 10.0. The van der Waals surface area contributed by atoms with Gasteiger partial charge in [-0.25, -0.2) is 0 Å². The minimum Gasteiger partial charge on any atom is -0.411 e. The summed E-state index contributed by atoms with van der Waals surface area (Å²) in [5, 5.41) is 7.76. The van der Waals surface area contributed by atoms with Crippen LogP contribution < -0.4 is 0 Å². The molecule has 0 aliphatic rings. The van der Waals surface area contributed by atoms with Crippen molar-refractivity contribution < 1.29 is 14.0 Å². The molecule has 1 aromatic carbocycles. The maximum absolute atomic E-state index is 12.9. The first kappa shape index (κ1) is 12.2. The van der Waals surface area contributed by atoms with Crippen LogP contribution in [0.3, 0.4) is 0 Å². The van der Waals surface area contributed by atoms with Gasteiger partial charge in [0.05, 0.1) is 6.21 Å². The third-order valence-electron chi connectivity index (χ3n) is 1.80. The van der Waals surface area contributed by atoms with Crippen LogP contribution in [0.25, 0.3) is 0 Å². The highest BCUT2D eigenvalue weighted by molar-refractivity contribution is 6.30. The summed E-state index contributed by atoms with van der Waals surface area (Å²) in [4.78, 5) is 0. The van der Waals surface area contributed by atoms with E-state index >= 15 is 0 Å². The van der Waals surface area contributed by atoms with E-state index in [0.29, 0.717) is 11.2 Å². The van der Waals surface area contributed by atoms with Crippen molar-refractivity contribution in [2.75, 3.05) is 0 Å². The van der Waals surface area contributed by atoms with E-state index in [-0.39, 0.29) is 5.56 Å². The smallest absolute Gasteiger partial charge is 0.333 e. The molecule has 15 heavy (non-hydrogen) atoms. The lowest BCUT2D eigenvalue weighted by Crippen LogP contribution is -2.20. The molecular weight excluding hydrogens is 247 g/mol. The monoisotopic (exact) mass is 253 g/mol. The Balaban J connectivity index is 3.05. The molecule has 0 spiro atoms. The third kappa shape index (κ3) is 3.32. The number of nitrogens with zero attached hydrogens (tertiary/aromatic N) is 1. The van der Waals surface area contributed by atoms with E-state index in [1.165, 1.54) is 24.3 Å². The Kier molecular flexibility index (Phi) is 3.88. The lowest BCUT2D eigenvalue weighted by molar-refractivity contribution is 0.0866. The van der Waals surface area contributed by atoms with E-state index in [4.69, 9.17) is 28.4 Å². The predicted octanol–water partition coefficient (Wildman–Crippen LogP) is 3.72. The van der Waals surface area contributed by atoms with Crippen molar-refractivity contribution in [1.29, 1.82) is 0 Å². The van der Waals surface area contributed by atoms with Gasteiger partial charge in [0, 0.05) is 5.02 Å². The molecule has 0 saturated carbocycles. The summed E-state index contributed by atoms with van der Waals surface area (Å²) in [7, 11) is 0. The van der Waals surface area contributed by atoms with Crippen molar-refractivity contribution >= 4 is 29.4 Å². The molecule has 0 radical (unpaired) electrons. The molecule has 0 aliphatic carbocycles. The summed E-state index contributed by atoms with van der Waals surface area (Å²) in [6.07, 6.45) is 0.677. The van der Waals surface area contributed by atoms with E-state index in [0.717, 1.165) is 0 Å². The van der Waals surface area contributed by atoms with Gasteiger partial charge < -0.3 is 5.21 Å². The number of benzene rings is 1. The van der Waals surface area contributed by atoms with Gasteiger partial charge in [-0.05, 0) is 29.3 Å². The normalized spacial score (nSPS) is 14.4. The van der Waals surface area contributed by atoms with Gasteiger partial charge in [0.1, 0.15) is 5.92 Å². The fourth-order valence-electron chi connectivity index (χ4n) is 1.10. The van der Waals surface area contributed by atoms with Gasteiger partial charge in [0.25, 0.3) is 0 Å². The molecule has 1 rings (SSSR count). The number of alkyl halides is 3. The second-order valence-electron chi connectivity index (χ2n) is 2.84. The van der Waals surface area contributed by atoms with Crippen LogP contribution in [0, 0.1) is 0 Å².